The summed E-state index contributed by atoms with van der Waals surface area (Å²) in [5.74, 6) is 0.0328. The van der Waals surface area contributed by atoms with E-state index in [1.165, 1.54) is 9.75 Å². The van der Waals surface area contributed by atoms with Gasteiger partial charge < -0.3 is 10.6 Å². The average molecular weight is 254 g/mol. The van der Waals surface area contributed by atoms with E-state index in [0.717, 1.165) is 12.8 Å². The number of nitrogens with zero attached hydrogens (tertiary/aromatic N) is 1. The molecule has 2 atom stereocenters. The van der Waals surface area contributed by atoms with Crippen LogP contribution >= 0.6 is 11.3 Å². The maximum absolute atomic E-state index is 12.1. The van der Waals surface area contributed by atoms with Gasteiger partial charge in [-0.15, -0.1) is 11.3 Å². The first-order valence-corrected chi connectivity index (χ1v) is 6.87. The van der Waals surface area contributed by atoms with Gasteiger partial charge in [0.05, 0.1) is 12.1 Å². The highest BCUT2D eigenvalue weighted by atomic mass is 32.1. The van der Waals surface area contributed by atoms with Crippen LogP contribution in [0.2, 0.25) is 0 Å². The molecule has 0 aliphatic carbocycles. The summed E-state index contributed by atoms with van der Waals surface area (Å²) < 4.78 is 0. The minimum absolute atomic E-state index is 0.0328. The summed E-state index contributed by atoms with van der Waals surface area (Å²) >= 11 is 1.73. The monoisotopic (exact) mass is 254 g/mol. The molecule has 1 amide bonds. The van der Waals surface area contributed by atoms with E-state index < -0.39 is 0 Å². The van der Waals surface area contributed by atoms with Gasteiger partial charge in [0.15, 0.2) is 0 Å². The van der Waals surface area contributed by atoms with Crippen molar-refractivity contribution >= 4 is 17.2 Å². The molecule has 0 saturated heterocycles. The molecule has 4 heteroatoms. The standard InChI is InChI=1S/C13H22N2OS/c1-5-6-11(14)13(16)15(4)10(3)12-8-7-9(2)17-12/h7-8,10-11H,5-6,14H2,1-4H3/t10?,11-/m0/s1. The van der Waals surface area contributed by atoms with Gasteiger partial charge in [-0.3, -0.25) is 4.79 Å². The third kappa shape index (κ3) is 3.54. The fourth-order valence-corrected chi connectivity index (χ4v) is 2.73. The number of hydrogen-bond acceptors (Lipinski definition) is 3. The van der Waals surface area contributed by atoms with Crippen molar-refractivity contribution in [1.82, 2.24) is 4.90 Å². The smallest absolute Gasteiger partial charge is 0.239 e. The van der Waals surface area contributed by atoms with E-state index in [4.69, 9.17) is 5.73 Å². The van der Waals surface area contributed by atoms with Crippen molar-refractivity contribution < 1.29 is 4.79 Å². The number of nitrogens with two attached hydrogens (primary N) is 1. The molecular weight excluding hydrogens is 232 g/mol. The Morgan fingerprint density at radius 3 is 2.65 bits per heavy atom. The fourth-order valence-electron chi connectivity index (χ4n) is 1.76. The van der Waals surface area contributed by atoms with E-state index in [1.54, 1.807) is 16.2 Å². The van der Waals surface area contributed by atoms with Crippen LogP contribution in [-0.2, 0) is 4.79 Å². The molecule has 0 aliphatic heterocycles. The Hall–Kier alpha value is -0.870. The van der Waals surface area contributed by atoms with E-state index in [-0.39, 0.29) is 18.0 Å². The second-order valence-electron chi connectivity index (χ2n) is 4.47. The number of aryl methyl sites for hydroxylation is 1. The minimum atomic E-state index is -0.367. The van der Waals surface area contributed by atoms with Gasteiger partial charge in [-0.2, -0.15) is 0 Å². The lowest BCUT2D eigenvalue weighted by Gasteiger charge is -2.26. The van der Waals surface area contributed by atoms with Gasteiger partial charge in [-0.25, -0.2) is 0 Å². The molecule has 96 valence electrons. The number of carbonyl (C=O) groups excluding carboxylic acids is 1. The number of likely N-dealkylation sites (N-methyl/N-ethyl adjacent to an activating group) is 1. The SMILES string of the molecule is CCC[C@H](N)C(=O)N(C)C(C)c1ccc(C)s1. The van der Waals surface area contributed by atoms with Crippen molar-refractivity contribution in [3.05, 3.63) is 21.9 Å². The van der Waals surface area contributed by atoms with Gasteiger partial charge >= 0.3 is 0 Å². The minimum Gasteiger partial charge on any atom is -0.337 e. The van der Waals surface area contributed by atoms with E-state index in [9.17, 15) is 4.79 Å². The third-order valence-electron chi connectivity index (χ3n) is 3.02. The van der Waals surface area contributed by atoms with Gasteiger partial charge in [-0.1, -0.05) is 13.3 Å². The van der Waals surface area contributed by atoms with Gasteiger partial charge in [-0.05, 0) is 32.4 Å². The van der Waals surface area contributed by atoms with Crippen LogP contribution in [-0.4, -0.2) is 23.9 Å². The zero-order valence-electron chi connectivity index (χ0n) is 11.1. The molecular formula is C13H22N2OS. The van der Waals surface area contributed by atoms with Crippen molar-refractivity contribution in [2.75, 3.05) is 7.05 Å². The molecule has 1 aromatic rings. The largest absolute Gasteiger partial charge is 0.337 e. The fraction of sp³-hybridized carbons (Fsp3) is 0.615. The number of thiophene rings is 1. The highest BCUT2D eigenvalue weighted by molar-refractivity contribution is 7.12. The summed E-state index contributed by atoms with van der Waals surface area (Å²) in [7, 11) is 1.83. The van der Waals surface area contributed by atoms with Crippen molar-refractivity contribution in [2.24, 2.45) is 5.73 Å². The summed E-state index contributed by atoms with van der Waals surface area (Å²) in [4.78, 5) is 16.3. The zero-order valence-corrected chi connectivity index (χ0v) is 11.9. The second-order valence-corrected chi connectivity index (χ2v) is 5.79. The first kappa shape index (κ1) is 14.2. The van der Waals surface area contributed by atoms with Crippen LogP contribution in [0.3, 0.4) is 0 Å². The van der Waals surface area contributed by atoms with Crippen molar-refractivity contribution in [3.8, 4) is 0 Å². The summed E-state index contributed by atoms with van der Waals surface area (Å²) in [5.41, 5.74) is 5.86. The second kappa shape index (κ2) is 6.17. The highest BCUT2D eigenvalue weighted by Crippen LogP contribution is 2.26. The molecule has 0 aliphatic rings. The van der Waals surface area contributed by atoms with Crippen LogP contribution in [0.4, 0.5) is 0 Å². The van der Waals surface area contributed by atoms with Crippen LogP contribution in [0, 0.1) is 6.92 Å². The molecule has 0 saturated carbocycles. The Kier molecular flexibility index (Phi) is 5.15. The number of rotatable bonds is 5. The Morgan fingerprint density at radius 1 is 1.53 bits per heavy atom. The lowest BCUT2D eigenvalue weighted by atomic mass is 10.1. The van der Waals surface area contributed by atoms with E-state index in [0.29, 0.717) is 0 Å². The number of hydrogen-bond donors (Lipinski definition) is 1. The Bertz CT molecular complexity index is 375. The van der Waals surface area contributed by atoms with Crippen LogP contribution in [0.5, 0.6) is 0 Å². The van der Waals surface area contributed by atoms with Crippen molar-refractivity contribution in [1.29, 1.82) is 0 Å². The van der Waals surface area contributed by atoms with Crippen LogP contribution in [0.1, 0.15) is 42.5 Å². The predicted octanol–water partition coefficient (Wildman–Crippen LogP) is 2.70. The molecule has 0 fully saturated rings. The van der Waals surface area contributed by atoms with Crippen LogP contribution in [0.25, 0.3) is 0 Å². The lowest BCUT2D eigenvalue weighted by Crippen LogP contribution is -2.42. The summed E-state index contributed by atoms with van der Waals surface area (Å²) in [6.07, 6.45) is 1.69. The number of amides is 1. The molecule has 0 radical (unpaired) electrons. The van der Waals surface area contributed by atoms with E-state index in [2.05, 4.69) is 19.1 Å². The van der Waals surface area contributed by atoms with Gasteiger partial charge in [0.2, 0.25) is 5.91 Å². The summed E-state index contributed by atoms with van der Waals surface area (Å²) in [5, 5.41) is 0. The topological polar surface area (TPSA) is 46.3 Å². The maximum Gasteiger partial charge on any atom is 0.239 e. The molecule has 1 heterocycles. The van der Waals surface area contributed by atoms with Crippen LogP contribution < -0.4 is 5.73 Å². The van der Waals surface area contributed by atoms with E-state index in [1.807, 2.05) is 20.9 Å². The average Bonchev–Trinajstić information content (AvgIpc) is 2.73. The zero-order chi connectivity index (χ0) is 13.0. The van der Waals surface area contributed by atoms with E-state index >= 15 is 0 Å². The Balaban J connectivity index is 2.69. The first-order valence-electron chi connectivity index (χ1n) is 6.06. The molecule has 0 bridgehead atoms. The quantitative estimate of drug-likeness (QED) is 0.878. The third-order valence-corrected chi connectivity index (χ3v) is 4.19. The Labute approximate surface area is 108 Å². The summed E-state index contributed by atoms with van der Waals surface area (Å²) in [6, 6.07) is 3.90. The number of carbonyl (C=O) groups is 1. The van der Waals surface area contributed by atoms with Gasteiger partial charge in [0.25, 0.3) is 0 Å². The molecule has 1 rings (SSSR count). The van der Waals surface area contributed by atoms with Gasteiger partial charge in [0.1, 0.15) is 0 Å². The van der Waals surface area contributed by atoms with Crippen molar-refractivity contribution in [3.63, 3.8) is 0 Å². The molecule has 2 N–H and O–H groups in total. The molecule has 0 spiro atoms. The molecule has 0 aromatic carbocycles. The molecule has 17 heavy (non-hydrogen) atoms. The lowest BCUT2D eigenvalue weighted by molar-refractivity contribution is -0.133. The highest BCUT2D eigenvalue weighted by Gasteiger charge is 2.22. The van der Waals surface area contributed by atoms with Crippen molar-refractivity contribution in [2.45, 2.75) is 45.7 Å². The van der Waals surface area contributed by atoms with Crippen LogP contribution in [0.15, 0.2) is 12.1 Å². The van der Waals surface area contributed by atoms with Gasteiger partial charge in [0, 0.05) is 16.8 Å². The maximum atomic E-state index is 12.1. The predicted molar refractivity (Wildman–Crippen MR) is 73.1 cm³/mol. The molecule has 3 nitrogen and oxygen atoms in total. The summed E-state index contributed by atoms with van der Waals surface area (Å²) in [6.45, 7) is 6.16. The molecule has 1 unspecified atom stereocenters. The molecule has 1 aromatic heterocycles. The first-order chi connectivity index (χ1) is 7.97. The Morgan fingerprint density at radius 2 is 2.18 bits per heavy atom. The normalized spacial score (nSPS) is 14.4.